The first-order valence-electron chi connectivity index (χ1n) is 5.91. The molecule has 1 N–H and O–H groups in total. The van der Waals surface area contributed by atoms with E-state index in [2.05, 4.69) is 4.72 Å². The van der Waals surface area contributed by atoms with E-state index in [1.807, 2.05) is 19.9 Å². The maximum atomic E-state index is 11.9. The van der Waals surface area contributed by atoms with Crippen molar-refractivity contribution in [2.75, 3.05) is 6.54 Å². The van der Waals surface area contributed by atoms with Crippen molar-refractivity contribution in [2.45, 2.75) is 31.6 Å². The van der Waals surface area contributed by atoms with Gasteiger partial charge in [-0.3, -0.25) is 0 Å². The average Bonchev–Trinajstić information content (AvgIpc) is 2.29. The van der Waals surface area contributed by atoms with Gasteiger partial charge in [0.05, 0.1) is 17.4 Å². The highest BCUT2D eigenvalue weighted by atomic mass is 32.2. The summed E-state index contributed by atoms with van der Waals surface area (Å²) < 4.78 is 26.4. The Balaban J connectivity index is 2.70. The van der Waals surface area contributed by atoms with E-state index in [0.29, 0.717) is 18.9 Å². The average molecular weight is 266 g/mol. The molecule has 0 saturated carbocycles. The number of nitrogens with one attached hydrogen (secondary N) is 1. The van der Waals surface area contributed by atoms with Gasteiger partial charge in [0, 0.05) is 6.54 Å². The SMILES string of the molecule is CC(C)CCNS(=O)(=O)c1ccc(CC#N)cc1. The molecule has 1 rings (SSSR count). The Labute approximate surface area is 109 Å². The van der Waals surface area contributed by atoms with E-state index < -0.39 is 10.0 Å². The van der Waals surface area contributed by atoms with Crippen LogP contribution in [0.25, 0.3) is 0 Å². The fourth-order valence-electron chi connectivity index (χ4n) is 1.44. The Morgan fingerprint density at radius 1 is 1.28 bits per heavy atom. The number of sulfonamides is 1. The quantitative estimate of drug-likeness (QED) is 0.857. The van der Waals surface area contributed by atoms with Crippen LogP contribution in [0.2, 0.25) is 0 Å². The van der Waals surface area contributed by atoms with Crippen molar-refractivity contribution in [3.05, 3.63) is 29.8 Å². The third kappa shape index (κ3) is 4.47. The minimum atomic E-state index is -3.42. The lowest BCUT2D eigenvalue weighted by Gasteiger charge is -2.08. The molecule has 0 heterocycles. The van der Waals surface area contributed by atoms with E-state index in [-0.39, 0.29) is 4.90 Å². The molecule has 0 aromatic heterocycles. The normalized spacial score (nSPS) is 11.4. The smallest absolute Gasteiger partial charge is 0.211 e. The summed E-state index contributed by atoms with van der Waals surface area (Å²) in [4.78, 5) is 0.243. The Morgan fingerprint density at radius 2 is 1.89 bits per heavy atom. The van der Waals surface area contributed by atoms with Crippen LogP contribution in [0.4, 0.5) is 0 Å². The summed E-state index contributed by atoms with van der Waals surface area (Å²) >= 11 is 0. The largest absolute Gasteiger partial charge is 0.240 e. The fraction of sp³-hybridized carbons (Fsp3) is 0.462. The first-order valence-corrected chi connectivity index (χ1v) is 7.39. The maximum Gasteiger partial charge on any atom is 0.240 e. The van der Waals surface area contributed by atoms with Crippen molar-refractivity contribution in [3.8, 4) is 6.07 Å². The highest BCUT2D eigenvalue weighted by Crippen LogP contribution is 2.11. The predicted molar refractivity (Wildman–Crippen MR) is 70.4 cm³/mol. The molecule has 98 valence electrons. The van der Waals surface area contributed by atoms with Gasteiger partial charge in [0.25, 0.3) is 0 Å². The van der Waals surface area contributed by atoms with Gasteiger partial charge < -0.3 is 0 Å². The van der Waals surface area contributed by atoms with Gasteiger partial charge in [0.1, 0.15) is 0 Å². The molecule has 1 aromatic rings. The van der Waals surface area contributed by atoms with Crippen LogP contribution < -0.4 is 4.72 Å². The van der Waals surface area contributed by atoms with Gasteiger partial charge in [-0.05, 0) is 30.0 Å². The maximum absolute atomic E-state index is 11.9. The Bertz CT molecular complexity index is 513. The van der Waals surface area contributed by atoms with Crippen molar-refractivity contribution in [1.82, 2.24) is 4.72 Å². The summed E-state index contributed by atoms with van der Waals surface area (Å²) in [6, 6.07) is 8.42. The topological polar surface area (TPSA) is 70.0 Å². The standard InChI is InChI=1S/C13H18N2O2S/c1-11(2)8-10-15-18(16,17)13-5-3-12(4-6-13)7-9-14/h3-6,11,15H,7-8,10H2,1-2H3. The van der Waals surface area contributed by atoms with E-state index in [9.17, 15) is 8.42 Å². The second-order valence-electron chi connectivity index (χ2n) is 4.56. The predicted octanol–water partition coefficient (Wildman–Crippen LogP) is 2.08. The molecule has 0 amide bonds. The molecule has 18 heavy (non-hydrogen) atoms. The number of benzene rings is 1. The third-order valence-corrected chi connectivity index (χ3v) is 4.01. The molecule has 0 spiro atoms. The lowest BCUT2D eigenvalue weighted by Crippen LogP contribution is -2.25. The zero-order chi connectivity index (χ0) is 13.6. The lowest BCUT2D eigenvalue weighted by molar-refractivity contribution is 0.551. The van der Waals surface area contributed by atoms with Crippen LogP contribution in [0.15, 0.2) is 29.2 Å². The van der Waals surface area contributed by atoms with Crippen LogP contribution in [0.5, 0.6) is 0 Å². The summed E-state index contributed by atoms with van der Waals surface area (Å²) in [7, 11) is -3.42. The summed E-state index contributed by atoms with van der Waals surface area (Å²) in [6.45, 7) is 4.54. The van der Waals surface area contributed by atoms with Crippen molar-refractivity contribution in [1.29, 1.82) is 5.26 Å². The number of nitrogens with zero attached hydrogens (tertiary/aromatic N) is 1. The van der Waals surface area contributed by atoms with Crippen LogP contribution >= 0.6 is 0 Å². The van der Waals surface area contributed by atoms with Crippen molar-refractivity contribution >= 4 is 10.0 Å². The highest BCUT2D eigenvalue weighted by molar-refractivity contribution is 7.89. The van der Waals surface area contributed by atoms with Crippen LogP contribution in [-0.4, -0.2) is 15.0 Å². The van der Waals surface area contributed by atoms with E-state index in [4.69, 9.17) is 5.26 Å². The number of hydrogen-bond acceptors (Lipinski definition) is 3. The van der Waals surface area contributed by atoms with E-state index in [1.165, 1.54) is 12.1 Å². The van der Waals surface area contributed by atoms with Gasteiger partial charge in [0.15, 0.2) is 0 Å². The zero-order valence-corrected chi connectivity index (χ0v) is 11.5. The number of nitriles is 1. The van der Waals surface area contributed by atoms with Crippen LogP contribution in [0.3, 0.4) is 0 Å². The van der Waals surface area contributed by atoms with Crippen LogP contribution in [0, 0.1) is 17.2 Å². The molecular weight excluding hydrogens is 248 g/mol. The molecule has 1 aromatic carbocycles. The van der Waals surface area contributed by atoms with Gasteiger partial charge in [0.2, 0.25) is 10.0 Å². The van der Waals surface area contributed by atoms with E-state index in [0.717, 1.165) is 12.0 Å². The Kier molecular flexibility index (Phi) is 5.32. The van der Waals surface area contributed by atoms with Crippen molar-refractivity contribution in [3.63, 3.8) is 0 Å². The first kappa shape index (κ1) is 14.7. The minimum Gasteiger partial charge on any atom is -0.211 e. The van der Waals surface area contributed by atoms with Crippen molar-refractivity contribution < 1.29 is 8.42 Å². The summed E-state index contributed by atoms with van der Waals surface area (Å²) in [5.41, 5.74) is 0.818. The molecule has 0 bridgehead atoms. The summed E-state index contributed by atoms with van der Waals surface area (Å²) in [6.07, 6.45) is 1.10. The molecule has 0 atom stereocenters. The third-order valence-electron chi connectivity index (χ3n) is 2.53. The Hall–Kier alpha value is -1.38. The van der Waals surface area contributed by atoms with Gasteiger partial charge in [-0.15, -0.1) is 0 Å². The molecule has 5 heteroatoms. The molecule has 0 saturated heterocycles. The number of hydrogen-bond donors (Lipinski definition) is 1. The molecule has 0 radical (unpaired) electrons. The first-order chi connectivity index (χ1) is 8.45. The fourth-order valence-corrected chi connectivity index (χ4v) is 2.49. The van der Waals surface area contributed by atoms with Crippen LogP contribution in [-0.2, 0) is 16.4 Å². The molecule has 0 unspecified atom stereocenters. The van der Waals surface area contributed by atoms with Gasteiger partial charge in [-0.2, -0.15) is 5.26 Å². The lowest BCUT2D eigenvalue weighted by atomic mass is 10.1. The monoisotopic (exact) mass is 266 g/mol. The summed E-state index contributed by atoms with van der Waals surface area (Å²) in [5.74, 6) is 0.464. The molecule has 0 aliphatic carbocycles. The zero-order valence-electron chi connectivity index (χ0n) is 10.7. The van der Waals surface area contributed by atoms with Gasteiger partial charge >= 0.3 is 0 Å². The molecule has 0 aliphatic heterocycles. The minimum absolute atomic E-state index is 0.243. The molecule has 0 aliphatic rings. The molecule has 0 fully saturated rings. The van der Waals surface area contributed by atoms with Gasteiger partial charge in [-0.1, -0.05) is 26.0 Å². The highest BCUT2D eigenvalue weighted by Gasteiger charge is 2.13. The number of rotatable bonds is 6. The second kappa shape index (κ2) is 6.53. The summed E-state index contributed by atoms with van der Waals surface area (Å²) in [5, 5.41) is 8.54. The van der Waals surface area contributed by atoms with Crippen molar-refractivity contribution in [2.24, 2.45) is 5.92 Å². The Morgan fingerprint density at radius 3 is 2.39 bits per heavy atom. The van der Waals surface area contributed by atoms with E-state index >= 15 is 0 Å². The van der Waals surface area contributed by atoms with Gasteiger partial charge in [-0.25, -0.2) is 13.1 Å². The van der Waals surface area contributed by atoms with E-state index in [1.54, 1.807) is 12.1 Å². The molecular formula is C13H18N2O2S. The second-order valence-corrected chi connectivity index (χ2v) is 6.33. The molecule has 4 nitrogen and oxygen atoms in total. The van der Waals surface area contributed by atoms with Crippen LogP contribution in [0.1, 0.15) is 25.8 Å².